The maximum Gasteiger partial charge on any atom is 0.217 e. The van der Waals surface area contributed by atoms with Gasteiger partial charge in [0.15, 0.2) is 0 Å². The van der Waals surface area contributed by atoms with Crippen LogP contribution in [0.25, 0.3) is 6.08 Å². The number of carbonyl (C=O) groups is 1. The summed E-state index contributed by atoms with van der Waals surface area (Å²) >= 11 is 0. The van der Waals surface area contributed by atoms with Crippen molar-refractivity contribution >= 4 is 12.0 Å². The van der Waals surface area contributed by atoms with Gasteiger partial charge in [0.05, 0.1) is 0 Å². The van der Waals surface area contributed by atoms with Gasteiger partial charge < -0.3 is 5.32 Å². The maximum absolute atomic E-state index is 10.7. The van der Waals surface area contributed by atoms with E-state index in [9.17, 15) is 4.79 Å². The molecule has 0 heterocycles. The first-order valence-electron chi connectivity index (χ1n) is 6.22. The van der Waals surface area contributed by atoms with Crippen molar-refractivity contribution in [1.82, 2.24) is 5.32 Å². The molecule has 0 aliphatic rings. The smallest absolute Gasteiger partial charge is 0.217 e. The molecular weight excluding hydrogens is 210 g/mol. The van der Waals surface area contributed by atoms with Crippen molar-refractivity contribution in [3.63, 3.8) is 0 Å². The molecule has 0 atom stereocenters. The largest absolute Gasteiger partial charge is 0.353 e. The standard InChI is InChI=1S/C15H21NO/c1-3-4-6-14-8-10-15(11-9-14)7-5-12-16-13(2)17/h5,7-11H,3-4,6,12H2,1-2H3,(H,16,17). The number of unbranched alkanes of at least 4 members (excludes halogenated alkanes) is 1. The molecule has 2 heteroatoms. The molecule has 0 saturated heterocycles. The number of nitrogens with one attached hydrogen (secondary N) is 1. The molecule has 0 fully saturated rings. The van der Waals surface area contributed by atoms with E-state index in [1.807, 2.05) is 12.2 Å². The average molecular weight is 231 g/mol. The van der Waals surface area contributed by atoms with Crippen LogP contribution in [0, 0.1) is 0 Å². The zero-order valence-electron chi connectivity index (χ0n) is 10.7. The van der Waals surface area contributed by atoms with Gasteiger partial charge in [0, 0.05) is 13.5 Å². The SMILES string of the molecule is CCCCc1ccc(C=CCNC(C)=O)cc1. The minimum atomic E-state index is 0.00423. The lowest BCUT2D eigenvalue weighted by Crippen LogP contribution is -2.19. The molecule has 0 aliphatic heterocycles. The van der Waals surface area contributed by atoms with Gasteiger partial charge in [0.1, 0.15) is 0 Å². The number of amides is 1. The van der Waals surface area contributed by atoms with Crippen LogP contribution < -0.4 is 5.32 Å². The van der Waals surface area contributed by atoms with Crippen molar-refractivity contribution in [2.75, 3.05) is 6.54 Å². The molecule has 0 saturated carbocycles. The summed E-state index contributed by atoms with van der Waals surface area (Å²) in [6.07, 6.45) is 7.63. The minimum Gasteiger partial charge on any atom is -0.353 e. The molecule has 1 N–H and O–H groups in total. The molecular formula is C15H21NO. The summed E-state index contributed by atoms with van der Waals surface area (Å²) in [5.74, 6) is 0.00423. The van der Waals surface area contributed by atoms with Crippen LogP contribution in [0.1, 0.15) is 37.8 Å². The Morgan fingerprint density at radius 3 is 2.59 bits per heavy atom. The fourth-order valence-corrected chi connectivity index (χ4v) is 1.57. The summed E-state index contributed by atoms with van der Waals surface area (Å²) < 4.78 is 0. The van der Waals surface area contributed by atoms with Crippen LogP contribution in [0.2, 0.25) is 0 Å². The Labute approximate surface area is 104 Å². The van der Waals surface area contributed by atoms with E-state index in [0.717, 1.165) is 6.42 Å². The number of rotatable bonds is 6. The summed E-state index contributed by atoms with van der Waals surface area (Å²) in [6, 6.07) is 8.59. The summed E-state index contributed by atoms with van der Waals surface area (Å²) in [7, 11) is 0. The van der Waals surface area contributed by atoms with Gasteiger partial charge in [0.2, 0.25) is 5.91 Å². The first-order chi connectivity index (χ1) is 8.22. The fraction of sp³-hybridized carbons (Fsp3) is 0.400. The second-order valence-corrected chi connectivity index (χ2v) is 4.18. The molecule has 92 valence electrons. The highest BCUT2D eigenvalue weighted by Gasteiger charge is 1.92. The Morgan fingerprint density at radius 2 is 2.00 bits per heavy atom. The van der Waals surface area contributed by atoms with Crippen LogP contribution in [0.3, 0.4) is 0 Å². The third-order valence-corrected chi connectivity index (χ3v) is 2.58. The van der Waals surface area contributed by atoms with Crippen LogP contribution in [0.4, 0.5) is 0 Å². The Bertz CT molecular complexity index is 365. The molecule has 2 nitrogen and oxygen atoms in total. The van der Waals surface area contributed by atoms with Gasteiger partial charge in [-0.25, -0.2) is 0 Å². The van der Waals surface area contributed by atoms with E-state index in [-0.39, 0.29) is 5.91 Å². The number of aryl methyl sites for hydroxylation is 1. The quantitative estimate of drug-likeness (QED) is 0.800. The highest BCUT2D eigenvalue weighted by Crippen LogP contribution is 2.08. The van der Waals surface area contributed by atoms with Crippen LogP contribution in [0.5, 0.6) is 0 Å². The van der Waals surface area contributed by atoms with Gasteiger partial charge in [-0.3, -0.25) is 4.79 Å². The van der Waals surface area contributed by atoms with E-state index in [0.29, 0.717) is 6.54 Å². The number of carbonyl (C=O) groups excluding carboxylic acids is 1. The molecule has 1 rings (SSSR count). The molecule has 0 aromatic heterocycles. The normalized spacial score (nSPS) is 10.7. The minimum absolute atomic E-state index is 0.00423. The molecule has 0 radical (unpaired) electrons. The molecule has 17 heavy (non-hydrogen) atoms. The summed E-state index contributed by atoms with van der Waals surface area (Å²) in [4.78, 5) is 10.7. The second-order valence-electron chi connectivity index (χ2n) is 4.18. The molecule has 1 amide bonds. The summed E-state index contributed by atoms with van der Waals surface area (Å²) in [6.45, 7) is 4.32. The average Bonchev–Trinajstić information content (AvgIpc) is 2.33. The first kappa shape index (κ1) is 13.5. The number of benzene rings is 1. The van der Waals surface area contributed by atoms with Crippen molar-refractivity contribution < 1.29 is 4.79 Å². The Kier molecular flexibility index (Phi) is 6.08. The molecule has 0 unspecified atom stereocenters. The highest BCUT2D eigenvalue weighted by molar-refractivity contribution is 5.73. The molecule has 1 aromatic carbocycles. The zero-order valence-corrected chi connectivity index (χ0v) is 10.7. The lowest BCUT2D eigenvalue weighted by atomic mass is 10.1. The van der Waals surface area contributed by atoms with E-state index in [1.54, 1.807) is 0 Å². The molecule has 0 bridgehead atoms. The third kappa shape index (κ3) is 5.91. The van der Waals surface area contributed by atoms with Crippen molar-refractivity contribution in [3.05, 3.63) is 41.5 Å². The van der Waals surface area contributed by atoms with E-state index in [4.69, 9.17) is 0 Å². The van der Waals surface area contributed by atoms with Gasteiger partial charge >= 0.3 is 0 Å². The predicted octanol–water partition coefficient (Wildman–Crippen LogP) is 3.18. The Balaban J connectivity index is 2.42. The second kappa shape index (κ2) is 7.66. The summed E-state index contributed by atoms with van der Waals surface area (Å²) in [5.41, 5.74) is 2.57. The Hall–Kier alpha value is -1.57. The maximum atomic E-state index is 10.7. The molecule has 1 aromatic rings. The van der Waals surface area contributed by atoms with Gasteiger partial charge in [-0.05, 0) is 24.0 Å². The zero-order chi connectivity index (χ0) is 12.5. The van der Waals surface area contributed by atoms with Crippen molar-refractivity contribution in [3.8, 4) is 0 Å². The monoisotopic (exact) mass is 231 g/mol. The van der Waals surface area contributed by atoms with E-state index >= 15 is 0 Å². The van der Waals surface area contributed by atoms with E-state index in [2.05, 4.69) is 36.5 Å². The van der Waals surface area contributed by atoms with Crippen LogP contribution in [-0.4, -0.2) is 12.5 Å². The Morgan fingerprint density at radius 1 is 1.29 bits per heavy atom. The summed E-state index contributed by atoms with van der Waals surface area (Å²) in [5, 5.41) is 2.73. The van der Waals surface area contributed by atoms with Gasteiger partial charge in [-0.15, -0.1) is 0 Å². The third-order valence-electron chi connectivity index (χ3n) is 2.58. The lowest BCUT2D eigenvalue weighted by Gasteiger charge is -2.00. The van der Waals surface area contributed by atoms with Crippen LogP contribution in [-0.2, 0) is 11.2 Å². The van der Waals surface area contributed by atoms with Crippen molar-refractivity contribution in [2.24, 2.45) is 0 Å². The van der Waals surface area contributed by atoms with Gasteiger partial charge in [0.25, 0.3) is 0 Å². The van der Waals surface area contributed by atoms with E-state index < -0.39 is 0 Å². The van der Waals surface area contributed by atoms with Crippen LogP contribution in [0.15, 0.2) is 30.3 Å². The fourth-order valence-electron chi connectivity index (χ4n) is 1.57. The van der Waals surface area contributed by atoms with Gasteiger partial charge in [-0.2, -0.15) is 0 Å². The predicted molar refractivity (Wildman–Crippen MR) is 72.8 cm³/mol. The highest BCUT2D eigenvalue weighted by atomic mass is 16.1. The van der Waals surface area contributed by atoms with Crippen molar-refractivity contribution in [1.29, 1.82) is 0 Å². The number of hydrogen-bond acceptors (Lipinski definition) is 1. The number of hydrogen-bond donors (Lipinski definition) is 1. The molecule has 0 aliphatic carbocycles. The molecule has 0 spiro atoms. The van der Waals surface area contributed by atoms with Gasteiger partial charge in [-0.1, -0.05) is 49.8 Å². The first-order valence-corrected chi connectivity index (χ1v) is 6.22. The van der Waals surface area contributed by atoms with E-state index in [1.165, 1.54) is 30.9 Å². The lowest BCUT2D eigenvalue weighted by molar-refractivity contribution is -0.118. The van der Waals surface area contributed by atoms with Crippen LogP contribution >= 0.6 is 0 Å². The van der Waals surface area contributed by atoms with Crippen molar-refractivity contribution in [2.45, 2.75) is 33.1 Å². The topological polar surface area (TPSA) is 29.1 Å².